The minimum absolute atomic E-state index is 0.0737. The molecule has 1 atom stereocenters. The van der Waals surface area contributed by atoms with E-state index in [9.17, 15) is 8.42 Å². The number of aromatic nitrogens is 2. The summed E-state index contributed by atoms with van der Waals surface area (Å²) in [5.41, 5.74) is 2.23. The second-order valence-electron chi connectivity index (χ2n) is 4.79. The first-order valence-corrected chi connectivity index (χ1v) is 8.46. The fourth-order valence-corrected chi connectivity index (χ4v) is 3.22. The van der Waals surface area contributed by atoms with Crippen LogP contribution in [0.2, 0.25) is 0 Å². The maximum atomic E-state index is 12.1. The van der Waals surface area contributed by atoms with E-state index in [0.717, 1.165) is 11.4 Å². The molecule has 21 heavy (non-hydrogen) atoms. The van der Waals surface area contributed by atoms with E-state index in [1.807, 2.05) is 19.9 Å². The van der Waals surface area contributed by atoms with E-state index in [2.05, 4.69) is 15.3 Å². The van der Waals surface area contributed by atoms with Crippen LogP contribution in [0.4, 0.5) is 5.69 Å². The van der Waals surface area contributed by atoms with Crippen molar-refractivity contribution in [3.63, 3.8) is 0 Å². The third-order valence-corrected chi connectivity index (χ3v) is 5.09. The first kappa shape index (κ1) is 15.4. The molecule has 112 valence electrons. The fourth-order valence-electron chi connectivity index (χ4n) is 2.16. The highest BCUT2D eigenvalue weighted by Gasteiger charge is 2.18. The molecule has 0 saturated heterocycles. The Hall–Kier alpha value is -1.95. The molecule has 5 nitrogen and oxygen atoms in total. The molecule has 1 aromatic heterocycles. The first-order valence-electron chi connectivity index (χ1n) is 6.81. The third kappa shape index (κ3) is 3.39. The van der Waals surface area contributed by atoms with Crippen molar-refractivity contribution < 1.29 is 8.42 Å². The normalized spacial score (nSPS) is 12.9. The molecular weight excluding hydrogens is 286 g/mol. The number of nitrogens with one attached hydrogen (secondary N) is 1. The van der Waals surface area contributed by atoms with Gasteiger partial charge in [-0.2, -0.15) is 0 Å². The molecule has 0 aliphatic rings. The molecule has 0 bridgehead atoms. The van der Waals surface area contributed by atoms with Crippen LogP contribution in [0.3, 0.4) is 0 Å². The lowest BCUT2D eigenvalue weighted by atomic mass is 10.1. The van der Waals surface area contributed by atoms with E-state index in [0.29, 0.717) is 10.6 Å². The number of rotatable bonds is 5. The van der Waals surface area contributed by atoms with Crippen LogP contribution in [-0.2, 0) is 9.84 Å². The molecule has 0 amide bonds. The number of sulfone groups is 1. The summed E-state index contributed by atoms with van der Waals surface area (Å²) < 4.78 is 24.3. The Labute approximate surface area is 125 Å². The largest absolute Gasteiger partial charge is 0.376 e. The summed E-state index contributed by atoms with van der Waals surface area (Å²) in [6, 6.07) is 6.80. The summed E-state index contributed by atoms with van der Waals surface area (Å²) in [6.45, 7) is 5.46. The van der Waals surface area contributed by atoms with E-state index >= 15 is 0 Å². The average molecular weight is 305 g/mol. The second-order valence-corrected chi connectivity index (χ2v) is 7.04. The summed E-state index contributed by atoms with van der Waals surface area (Å²) in [4.78, 5) is 8.84. The summed E-state index contributed by atoms with van der Waals surface area (Å²) >= 11 is 0. The molecule has 0 saturated carbocycles. The van der Waals surface area contributed by atoms with Crippen LogP contribution in [0.25, 0.3) is 0 Å². The monoisotopic (exact) mass is 305 g/mol. The number of hydrogen-bond acceptors (Lipinski definition) is 5. The Balaban J connectivity index is 2.35. The lowest BCUT2D eigenvalue weighted by Gasteiger charge is -2.18. The zero-order chi connectivity index (χ0) is 15.5. The molecule has 1 N–H and O–H groups in total. The Morgan fingerprint density at radius 3 is 2.52 bits per heavy atom. The quantitative estimate of drug-likeness (QED) is 0.919. The lowest BCUT2D eigenvalue weighted by molar-refractivity contribution is 0.597. The molecule has 1 aromatic carbocycles. The Bertz CT molecular complexity index is 729. The van der Waals surface area contributed by atoms with Crippen molar-refractivity contribution in [2.75, 3.05) is 11.1 Å². The van der Waals surface area contributed by atoms with Gasteiger partial charge in [0.15, 0.2) is 9.84 Å². The predicted molar refractivity (Wildman–Crippen MR) is 83.0 cm³/mol. The predicted octanol–water partition coefficient (Wildman–Crippen LogP) is 2.75. The summed E-state index contributed by atoms with van der Waals surface area (Å²) in [6.07, 6.45) is 3.27. The van der Waals surface area contributed by atoms with Gasteiger partial charge in [0, 0.05) is 12.4 Å². The number of anilines is 1. The van der Waals surface area contributed by atoms with E-state index in [-0.39, 0.29) is 11.8 Å². The summed E-state index contributed by atoms with van der Waals surface area (Å²) in [7, 11) is -3.27. The van der Waals surface area contributed by atoms with Gasteiger partial charge in [-0.25, -0.2) is 8.42 Å². The molecule has 0 fully saturated rings. The SMILES string of the molecule is CCS(=O)(=O)c1ccccc1NC(C)c1nccnc1C. The maximum Gasteiger partial charge on any atom is 0.180 e. The molecule has 1 heterocycles. The smallest absolute Gasteiger partial charge is 0.180 e. The standard InChI is InChI=1S/C15H19N3O2S/c1-4-21(19,20)14-8-6-5-7-13(14)18-12(3)15-11(2)16-9-10-17-15/h5-10,12,18H,4H2,1-3H3. The van der Waals surface area contributed by atoms with Gasteiger partial charge in [0.2, 0.25) is 0 Å². The van der Waals surface area contributed by atoms with Crippen LogP contribution in [0.5, 0.6) is 0 Å². The molecule has 2 aromatic rings. The van der Waals surface area contributed by atoms with E-state index in [1.54, 1.807) is 37.5 Å². The molecule has 2 rings (SSSR count). The highest BCUT2D eigenvalue weighted by molar-refractivity contribution is 7.91. The van der Waals surface area contributed by atoms with Gasteiger partial charge >= 0.3 is 0 Å². The molecular formula is C15H19N3O2S. The van der Waals surface area contributed by atoms with Crippen LogP contribution in [0, 0.1) is 6.92 Å². The molecule has 0 radical (unpaired) electrons. The molecule has 0 aliphatic carbocycles. The van der Waals surface area contributed by atoms with Crippen molar-refractivity contribution in [2.45, 2.75) is 31.7 Å². The van der Waals surface area contributed by atoms with Crippen molar-refractivity contribution >= 4 is 15.5 Å². The van der Waals surface area contributed by atoms with Gasteiger partial charge in [-0.15, -0.1) is 0 Å². The van der Waals surface area contributed by atoms with Gasteiger partial charge in [0.25, 0.3) is 0 Å². The number of aryl methyl sites for hydroxylation is 1. The van der Waals surface area contributed by atoms with Crippen LogP contribution in [-0.4, -0.2) is 24.1 Å². The maximum absolute atomic E-state index is 12.1. The van der Waals surface area contributed by atoms with Crippen LogP contribution >= 0.6 is 0 Å². The lowest BCUT2D eigenvalue weighted by Crippen LogP contribution is -2.14. The fraction of sp³-hybridized carbons (Fsp3) is 0.333. The average Bonchev–Trinajstić information content (AvgIpc) is 2.48. The number of benzene rings is 1. The second kappa shape index (κ2) is 6.22. The van der Waals surface area contributed by atoms with Crippen molar-refractivity contribution in [3.8, 4) is 0 Å². The van der Waals surface area contributed by atoms with Crippen molar-refractivity contribution in [1.82, 2.24) is 9.97 Å². The Morgan fingerprint density at radius 1 is 1.19 bits per heavy atom. The van der Waals surface area contributed by atoms with Gasteiger partial charge in [0.05, 0.1) is 33.8 Å². The summed E-state index contributed by atoms with van der Waals surface area (Å²) in [5.74, 6) is 0.0737. The highest BCUT2D eigenvalue weighted by atomic mass is 32.2. The van der Waals surface area contributed by atoms with Crippen molar-refractivity contribution in [3.05, 3.63) is 48.0 Å². The van der Waals surface area contributed by atoms with E-state index in [1.165, 1.54) is 0 Å². The highest BCUT2D eigenvalue weighted by Crippen LogP contribution is 2.26. The zero-order valence-corrected chi connectivity index (χ0v) is 13.2. The summed E-state index contributed by atoms with van der Waals surface area (Å²) in [5, 5.41) is 3.23. The van der Waals surface area contributed by atoms with Gasteiger partial charge in [0.1, 0.15) is 0 Å². The number of hydrogen-bond donors (Lipinski definition) is 1. The molecule has 0 spiro atoms. The molecule has 1 unspecified atom stereocenters. The topological polar surface area (TPSA) is 72.0 Å². The Kier molecular flexibility index (Phi) is 4.57. The van der Waals surface area contributed by atoms with Crippen molar-refractivity contribution in [2.24, 2.45) is 0 Å². The third-order valence-electron chi connectivity index (χ3n) is 3.30. The molecule has 0 aliphatic heterocycles. The van der Waals surface area contributed by atoms with Gasteiger partial charge in [-0.3, -0.25) is 9.97 Å². The number of nitrogens with zero attached hydrogens (tertiary/aromatic N) is 2. The first-order chi connectivity index (χ1) is 9.95. The van der Waals surface area contributed by atoms with E-state index < -0.39 is 9.84 Å². The minimum atomic E-state index is -3.27. The van der Waals surface area contributed by atoms with Gasteiger partial charge in [-0.1, -0.05) is 19.1 Å². The van der Waals surface area contributed by atoms with Gasteiger partial charge < -0.3 is 5.32 Å². The van der Waals surface area contributed by atoms with Gasteiger partial charge in [-0.05, 0) is 26.0 Å². The minimum Gasteiger partial charge on any atom is -0.376 e. The van der Waals surface area contributed by atoms with Crippen LogP contribution < -0.4 is 5.32 Å². The zero-order valence-electron chi connectivity index (χ0n) is 12.4. The van der Waals surface area contributed by atoms with E-state index in [4.69, 9.17) is 0 Å². The van der Waals surface area contributed by atoms with Crippen molar-refractivity contribution in [1.29, 1.82) is 0 Å². The number of para-hydroxylation sites is 1. The van der Waals surface area contributed by atoms with Crippen LogP contribution in [0.1, 0.15) is 31.3 Å². The van der Waals surface area contributed by atoms with Crippen LogP contribution in [0.15, 0.2) is 41.6 Å². The Morgan fingerprint density at radius 2 is 1.86 bits per heavy atom. The molecule has 6 heteroatoms.